The number of carbonyl (C=O) groups excluding carboxylic acids is 1. The van der Waals surface area contributed by atoms with Crippen molar-refractivity contribution in [3.63, 3.8) is 0 Å². The smallest absolute Gasteiger partial charge is 0.223 e. The number of carbonyl (C=O) groups is 1. The number of nitriles is 1. The van der Waals surface area contributed by atoms with Gasteiger partial charge in [0.2, 0.25) is 5.91 Å². The molecule has 0 aliphatic rings. The predicted octanol–water partition coefficient (Wildman–Crippen LogP) is 1.87. The molecule has 0 saturated heterocycles. The number of rotatable bonds is 6. The highest BCUT2D eigenvalue weighted by molar-refractivity contribution is 5.78. The summed E-state index contributed by atoms with van der Waals surface area (Å²) >= 11 is 0. The molecule has 96 valence electrons. The summed E-state index contributed by atoms with van der Waals surface area (Å²) in [5.74, 6) is -0.264. The standard InChI is InChI=1S/C14H18N2O2/c1-11(2)14(17)16-13(8-15)10-18-9-12-6-4-3-5-7-12/h3-7,11,13H,9-10H2,1-2H3,(H,16,17). The van der Waals surface area contributed by atoms with Gasteiger partial charge in [-0.05, 0) is 5.56 Å². The van der Waals surface area contributed by atoms with E-state index in [2.05, 4.69) is 5.32 Å². The Morgan fingerprint density at radius 1 is 1.39 bits per heavy atom. The van der Waals surface area contributed by atoms with Crippen molar-refractivity contribution in [3.05, 3.63) is 35.9 Å². The first kappa shape index (κ1) is 14.2. The maximum absolute atomic E-state index is 11.4. The van der Waals surface area contributed by atoms with Gasteiger partial charge in [0.15, 0.2) is 0 Å². The SMILES string of the molecule is CC(C)C(=O)NC(C#N)COCc1ccccc1. The van der Waals surface area contributed by atoms with Gasteiger partial charge in [0.25, 0.3) is 0 Å². The molecule has 0 aromatic heterocycles. The number of hydrogen-bond acceptors (Lipinski definition) is 3. The molecular formula is C14H18N2O2. The lowest BCUT2D eigenvalue weighted by atomic mass is 10.2. The van der Waals surface area contributed by atoms with Crippen LogP contribution in [-0.4, -0.2) is 18.6 Å². The van der Waals surface area contributed by atoms with Crippen molar-refractivity contribution in [3.8, 4) is 6.07 Å². The second-order valence-electron chi connectivity index (χ2n) is 4.35. The molecule has 0 bridgehead atoms. The second kappa shape index (κ2) is 7.46. The third-order valence-corrected chi connectivity index (χ3v) is 2.39. The monoisotopic (exact) mass is 246 g/mol. The molecule has 1 aromatic carbocycles. The van der Waals surface area contributed by atoms with Crippen molar-refractivity contribution in [2.24, 2.45) is 5.92 Å². The van der Waals surface area contributed by atoms with E-state index in [9.17, 15) is 4.79 Å². The highest BCUT2D eigenvalue weighted by atomic mass is 16.5. The number of hydrogen-bond donors (Lipinski definition) is 1. The molecule has 0 aliphatic heterocycles. The van der Waals surface area contributed by atoms with Crippen molar-refractivity contribution in [2.75, 3.05) is 6.61 Å². The van der Waals surface area contributed by atoms with Crippen LogP contribution in [0.15, 0.2) is 30.3 Å². The Hall–Kier alpha value is -1.86. The Morgan fingerprint density at radius 3 is 2.61 bits per heavy atom. The van der Waals surface area contributed by atoms with Crippen molar-refractivity contribution in [1.82, 2.24) is 5.32 Å². The van der Waals surface area contributed by atoms with Gasteiger partial charge in [0, 0.05) is 5.92 Å². The minimum Gasteiger partial charge on any atom is -0.374 e. The molecular weight excluding hydrogens is 228 g/mol. The van der Waals surface area contributed by atoms with Crippen molar-refractivity contribution < 1.29 is 9.53 Å². The average Bonchev–Trinajstić information content (AvgIpc) is 2.38. The van der Waals surface area contributed by atoms with E-state index < -0.39 is 6.04 Å². The molecule has 4 heteroatoms. The van der Waals surface area contributed by atoms with E-state index in [-0.39, 0.29) is 18.4 Å². The molecule has 4 nitrogen and oxygen atoms in total. The Balaban J connectivity index is 2.33. The molecule has 0 radical (unpaired) electrons. The summed E-state index contributed by atoms with van der Waals surface area (Å²) in [6, 6.07) is 11.1. The zero-order chi connectivity index (χ0) is 13.4. The third kappa shape index (κ3) is 4.98. The minimum absolute atomic E-state index is 0.130. The largest absolute Gasteiger partial charge is 0.374 e. The van der Waals surface area contributed by atoms with Crippen molar-refractivity contribution in [2.45, 2.75) is 26.5 Å². The Bertz CT molecular complexity index is 410. The summed E-state index contributed by atoms with van der Waals surface area (Å²) < 4.78 is 5.42. The van der Waals surface area contributed by atoms with Gasteiger partial charge in [0.1, 0.15) is 6.04 Å². The number of amides is 1. The highest BCUT2D eigenvalue weighted by Crippen LogP contribution is 2.01. The molecule has 1 rings (SSSR count). The second-order valence-corrected chi connectivity index (χ2v) is 4.35. The maximum Gasteiger partial charge on any atom is 0.223 e. The summed E-state index contributed by atoms with van der Waals surface area (Å²) in [5, 5.41) is 11.5. The first-order valence-electron chi connectivity index (χ1n) is 5.95. The van der Waals surface area contributed by atoms with Gasteiger partial charge in [0.05, 0.1) is 19.3 Å². The van der Waals surface area contributed by atoms with Gasteiger partial charge < -0.3 is 10.1 Å². The molecule has 0 spiro atoms. The van der Waals surface area contributed by atoms with Gasteiger partial charge in [-0.3, -0.25) is 4.79 Å². The van der Waals surface area contributed by atoms with Crippen LogP contribution in [0.25, 0.3) is 0 Å². The van der Waals surface area contributed by atoms with Crippen LogP contribution < -0.4 is 5.32 Å². The predicted molar refractivity (Wildman–Crippen MR) is 68.5 cm³/mol. The zero-order valence-electron chi connectivity index (χ0n) is 10.7. The molecule has 0 aliphatic carbocycles. The van der Waals surface area contributed by atoms with E-state index >= 15 is 0 Å². The molecule has 1 amide bonds. The number of nitrogens with zero attached hydrogens (tertiary/aromatic N) is 1. The Labute approximate surface area is 108 Å². The Kier molecular flexibility index (Phi) is 5.89. The molecule has 1 unspecified atom stereocenters. The van der Waals surface area contributed by atoms with Crippen LogP contribution in [0.2, 0.25) is 0 Å². The lowest BCUT2D eigenvalue weighted by Crippen LogP contribution is -2.39. The highest BCUT2D eigenvalue weighted by Gasteiger charge is 2.13. The Morgan fingerprint density at radius 2 is 2.06 bits per heavy atom. The molecule has 0 fully saturated rings. The minimum atomic E-state index is -0.594. The fraction of sp³-hybridized carbons (Fsp3) is 0.429. The summed E-state index contributed by atoms with van der Waals surface area (Å²) in [5.41, 5.74) is 1.05. The number of nitrogens with one attached hydrogen (secondary N) is 1. The molecule has 1 aromatic rings. The third-order valence-electron chi connectivity index (χ3n) is 2.39. The molecule has 18 heavy (non-hydrogen) atoms. The fourth-order valence-corrected chi connectivity index (χ4v) is 1.32. The van der Waals surface area contributed by atoms with E-state index in [0.717, 1.165) is 5.56 Å². The van der Waals surface area contributed by atoms with E-state index in [1.165, 1.54) is 0 Å². The van der Waals surface area contributed by atoms with Crippen LogP contribution in [0.1, 0.15) is 19.4 Å². The van der Waals surface area contributed by atoms with Gasteiger partial charge in [-0.25, -0.2) is 0 Å². The van der Waals surface area contributed by atoms with Gasteiger partial charge in [-0.2, -0.15) is 5.26 Å². The normalized spacial score (nSPS) is 11.9. The lowest BCUT2D eigenvalue weighted by Gasteiger charge is -2.13. The van der Waals surface area contributed by atoms with Gasteiger partial charge in [-0.1, -0.05) is 44.2 Å². The maximum atomic E-state index is 11.4. The van der Waals surface area contributed by atoms with Gasteiger partial charge >= 0.3 is 0 Å². The molecule has 1 atom stereocenters. The topological polar surface area (TPSA) is 62.1 Å². The molecule has 1 N–H and O–H groups in total. The van der Waals surface area contributed by atoms with Crippen LogP contribution in [0, 0.1) is 17.2 Å². The quantitative estimate of drug-likeness (QED) is 0.833. The van der Waals surface area contributed by atoms with Crippen LogP contribution in [-0.2, 0) is 16.1 Å². The van der Waals surface area contributed by atoms with Gasteiger partial charge in [-0.15, -0.1) is 0 Å². The van der Waals surface area contributed by atoms with Crippen LogP contribution in [0.4, 0.5) is 0 Å². The van der Waals surface area contributed by atoms with Crippen LogP contribution in [0.3, 0.4) is 0 Å². The van der Waals surface area contributed by atoms with E-state index in [1.54, 1.807) is 13.8 Å². The molecule has 0 saturated carbocycles. The van der Waals surface area contributed by atoms with Crippen molar-refractivity contribution in [1.29, 1.82) is 5.26 Å². The van der Waals surface area contributed by atoms with Crippen molar-refractivity contribution >= 4 is 5.91 Å². The van der Waals surface area contributed by atoms with Crippen LogP contribution >= 0.6 is 0 Å². The summed E-state index contributed by atoms with van der Waals surface area (Å²) in [6.45, 7) is 4.21. The van der Waals surface area contributed by atoms with E-state index in [0.29, 0.717) is 6.61 Å². The fourth-order valence-electron chi connectivity index (χ4n) is 1.32. The summed E-state index contributed by atoms with van der Waals surface area (Å²) in [7, 11) is 0. The van der Waals surface area contributed by atoms with E-state index in [4.69, 9.17) is 10.00 Å². The zero-order valence-corrected chi connectivity index (χ0v) is 10.7. The number of benzene rings is 1. The summed E-state index contributed by atoms with van der Waals surface area (Å²) in [4.78, 5) is 11.4. The summed E-state index contributed by atoms with van der Waals surface area (Å²) in [6.07, 6.45) is 0. The lowest BCUT2D eigenvalue weighted by molar-refractivity contribution is -0.124. The first-order chi connectivity index (χ1) is 8.63. The average molecular weight is 246 g/mol. The first-order valence-corrected chi connectivity index (χ1v) is 5.95. The van der Waals surface area contributed by atoms with E-state index in [1.807, 2.05) is 36.4 Å². The molecule has 0 heterocycles. The van der Waals surface area contributed by atoms with Crippen LogP contribution in [0.5, 0.6) is 0 Å². The number of ether oxygens (including phenoxy) is 1.